The van der Waals surface area contributed by atoms with Gasteiger partial charge in [0.2, 0.25) is 11.8 Å². The first-order chi connectivity index (χ1) is 16.4. The van der Waals surface area contributed by atoms with Crippen LogP contribution in [0.15, 0.2) is 58.5 Å². The monoisotopic (exact) mass is 478 g/mol. The minimum Gasteiger partial charge on any atom is -0.474 e. The summed E-state index contributed by atoms with van der Waals surface area (Å²) < 4.78 is 29.9. The SMILES string of the molecule is CCc1cnc(N2CCC(Oc3cc(C4=CC5=CC(S(C)(=O)=O)=CCC5=N4)ncn3)CC2)nc1. The molecule has 2 aliphatic heterocycles. The van der Waals surface area contributed by atoms with E-state index in [-0.39, 0.29) is 6.10 Å². The van der Waals surface area contributed by atoms with E-state index < -0.39 is 9.84 Å². The molecule has 0 bridgehead atoms. The molecule has 176 valence electrons. The first-order valence-corrected chi connectivity index (χ1v) is 13.2. The third kappa shape index (κ3) is 4.77. The number of anilines is 1. The van der Waals surface area contributed by atoms with Crippen molar-refractivity contribution in [3.63, 3.8) is 0 Å². The maximum Gasteiger partial charge on any atom is 0.225 e. The second-order valence-electron chi connectivity index (χ2n) is 8.56. The number of allylic oxidation sites excluding steroid dienone is 4. The van der Waals surface area contributed by atoms with Crippen LogP contribution in [-0.4, -0.2) is 59.5 Å². The summed E-state index contributed by atoms with van der Waals surface area (Å²) in [6, 6.07) is 1.79. The maximum atomic E-state index is 11.9. The highest BCUT2D eigenvalue weighted by Crippen LogP contribution is 2.31. The number of hydrogen-bond acceptors (Lipinski definition) is 9. The number of piperidine rings is 1. The van der Waals surface area contributed by atoms with Crippen LogP contribution in [0.3, 0.4) is 0 Å². The normalized spacial score (nSPS) is 18.6. The minimum atomic E-state index is -3.25. The zero-order chi connectivity index (χ0) is 23.7. The number of aryl methyl sites for hydroxylation is 1. The number of sulfone groups is 1. The molecule has 34 heavy (non-hydrogen) atoms. The van der Waals surface area contributed by atoms with Crippen molar-refractivity contribution < 1.29 is 13.2 Å². The Morgan fingerprint density at radius 3 is 2.56 bits per heavy atom. The summed E-state index contributed by atoms with van der Waals surface area (Å²) in [5.41, 5.74) is 4.10. The lowest BCUT2D eigenvalue weighted by molar-refractivity contribution is 0.163. The molecule has 2 aromatic rings. The Morgan fingerprint density at radius 1 is 1.09 bits per heavy atom. The molecule has 0 atom stereocenters. The second kappa shape index (κ2) is 9.09. The smallest absolute Gasteiger partial charge is 0.225 e. The topological polar surface area (TPSA) is 111 Å². The van der Waals surface area contributed by atoms with Crippen molar-refractivity contribution in [2.45, 2.75) is 38.7 Å². The van der Waals surface area contributed by atoms with Gasteiger partial charge in [-0.25, -0.2) is 28.4 Å². The molecule has 0 amide bonds. The number of ether oxygens (including phenoxy) is 1. The van der Waals surface area contributed by atoms with E-state index in [0.29, 0.717) is 28.6 Å². The predicted molar refractivity (Wildman–Crippen MR) is 130 cm³/mol. The fourth-order valence-electron chi connectivity index (χ4n) is 4.14. The van der Waals surface area contributed by atoms with Crippen LogP contribution >= 0.6 is 0 Å². The van der Waals surface area contributed by atoms with Gasteiger partial charge in [-0.1, -0.05) is 13.0 Å². The van der Waals surface area contributed by atoms with Crippen molar-refractivity contribution in [1.82, 2.24) is 19.9 Å². The number of hydrogen-bond donors (Lipinski definition) is 0. The molecule has 0 N–H and O–H groups in total. The quantitative estimate of drug-likeness (QED) is 0.623. The van der Waals surface area contributed by atoms with Gasteiger partial charge in [0.05, 0.1) is 22.0 Å². The van der Waals surface area contributed by atoms with Crippen molar-refractivity contribution in [3.05, 3.63) is 64.8 Å². The van der Waals surface area contributed by atoms with Crippen LogP contribution in [0.2, 0.25) is 0 Å². The van der Waals surface area contributed by atoms with Crippen LogP contribution in [0, 0.1) is 0 Å². The van der Waals surface area contributed by atoms with Gasteiger partial charge >= 0.3 is 0 Å². The van der Waals surface area contributed by atoms with Crippen LogP contribution < -0.4 is 9.64 Å². The Bertz CT molecular complexity index is 1320. The molecule has 3 aliphatic rings. The highest BCUT2D eigenvalue weighted by atomic mass is 32.2. The molecular formula is C24H26N6O3S. The van der Waals surface area contributed by atoms with E-state index in [1.54, 1.807) is 18.2 Å². The molecular weight excluding hydrogens is 452 g/mol. The fourth-order valence-corrected chi connectivity index (χ4v) is 4.87. The van der Waals surface area contributed by atoms with E-state index in [0.717, 1.165) is 55.1 Å². The standard InChI is InChI=1S/C24H26N6O3S/c1-3-16-13-25-24(26-14-16)30-8-6-18(7-9-30)33-23-12-21(27-15-28-23)22-11-17-10-19(34(2,31)32)4-5-20(17)29-22/h4,10-15,18H,3,5-9H2,1-2H3. The Labute approximate surface area is 199 Å². The lowest BCUT2D eigenvalue weighted by atomic mass is 10.0. The lowest BCUT2D eigenvalue weighted by Crippen LogP contribution is -2.39. The molecule has 1 aliphatic carbocycles. The molecule has 0 spiro atoms. The summed E-state index contributed by atoms with van der Waals surface area (Å²) in [5.74, 6) is 1.27. The molecule has 4 heterocycles. The zero-order valence-corrected chi connectivity index (χ0v) is 20.0. The van der Waals surface area contributed by atoms with Crippen molar-refractivity contribution in [3.8, 4) is 5.88 Å². The summed E-state index contributed by atoms with van der Waals surface area (Å²) in [4.78, 5) is 24.7. The number of nitrogens with zero attached hydrogens (tertiary/aromatic N) is 6. The van der Waals surface area contributed by atoms with Crippen LogP contribution in [0.5, 0.6) is 5.88 Å². The molecule has 5 rings (SSSR count). The van der Waals surface area contributed by atoms with E-state index in [2.05, 4.69) is 36.8 Å². The van der Waals surface area contributed by atoms with Gasteiger partial charge in [0.15, 0.2) is 9.84 Å². The third-order valence-electron chi connectivity index (χ3n) is 6.12. The Hall–Kier alpha value is -3.40. The number of rotatable bonds is 6. The van der Waals surface area contributed by atoms with Crippen LogP contribution in [0.1, 0.15) is 37.4 Å². The van der Waals surface area contributed by atoms with Gasteiger partial charge in [-0.3, -0.25) is 4.99 Å². The highest BCUT2D eigenvalue weighted by Gasteiger charge is 2.25. The van der Waals surface area contributed by atoms with E-state index in [1.807, 2.05) is 18.5 Å². The summed E-state index contributed by atoms with van der Waals surface area (Å²) in [7, 11) is -3.25. The molecule has 0 unspecified atom stereocenters. The third-order valence-corrected chi connectivity index (χ3v) is 7.26. The van der Waals surface area contributed by atoms with Crippen LogP contribution in [-0.2, 0) is 16.3 Å². The molecule has 1 saturated heterocycles. The van der Waals surface area contributed by atoms with Gasteiger partial charge in [-0.2, -0.15) is 0 Å². The Morgan fingerprint density at radius 2 is 1.85 bits per heavy atom. The average molecular weight is 479 g/mol. The van der Waals surface area contributed by atoms with Crippen LogP contribution in [0.4, 0.5) is 5.95 Å². The molecule has 2 aromatic heterocycles. The predicted octanol–water partition coefficient (Wildman–Crippen LogP) is 2.93. The fraction of sp³-hybridized carbons (Fsp3) is 0.375. The van der Waals surface area contributed by atoms with Crippen molar-refractivity contribution in [2.75, 3.05) is 24.2 Å². The first kappa shape index (κ1) is 22.4. The van der Waals surface area contributed by atoms with Crippen molar-refractivity contribution >= 4 is 27.2 Å². The van der Waals surface area contributed by atoms with Gasteiger partial charge in [-0.15, -0.1) is 0 Å². The van der Waals surface area contributed by atoms with Gasteiger partial charge in [0.1, 0.15) is 12.4 Å². The number of aromatic nitrogens is 4. The maximum absolute atomic E-state index is 11.9. The number of fused-ring (bicyclic) bond motifs is 1. The van der Waals surface area contributed by atoms with E-state index >= 15 is 0 Å². The highest BCUT2D eigenvalue weighted by molar-refractivity contribution is 7.94. The minimum absolute atomic E-state index is 0.0459. The molecule has 1 fully saturated rings. The Kier molecular flexibility index (Phi) is 5.99. The summed E-state index contributed by atoms with van der Waals surface area (Å²) >= 11 is 0. The van der Waals surface area contributed by atoms with Gasteiger partial charge in [-0.05, 0) is 29.7 Å². The van der Waals surface area contributed by atoms with E-state index in [4.69, 9.17) is 4.74 Å². The Balaban J connectivity index is 1.23. The molecule has 9 nitrogen and oxygen atoms in total. The van der Waals surface area contributed by atoms with Gasteiger partial charge in [0.25, 0.3) is 0 Å². The average Bonchev–Trinajstić information content (AvgIpc) is 3.28. The molecule has 0 saturated carbocycles. The summed E-state index contributed by atoms with van der Waals surface area (Å²) in [6.45, 7) is 3.72. The first-order valence-electron chi connectivity index (χ1n) is 11.4. The number of aliphatic imine (C=N–C) groups is 1. The molecule has 10 heteroatoms. The van der Waals surface area contributed by atoms with Crippen molar-refractivity contribution in [1.29, 1.82) is 0 Å². The summed E-state index contributed by atoms with van der Waals surface area (Å²) in [6.07, 6.45) is 14.8. The molecule has 0 aromatic carbocycles. The van der Waals surface area contributed by atoms with Gasteiger partial charge < -0.3 is 9.64 Å². The lowest BCUT2D eigenvalue weighted by Gasteiger charge is -2.31. The van der Waals surface area contributed by atoms with Crippen LogP contribution in [0.25, 0.3) is 5.70 Å². The van der Waals surface area contributed by atoms with Crippen molar-refractivity contribution in [2.24, 2.45) is 4.99 Å². The van der Waals surface area contributed by atoms with E-state index in [9.17, 15) is 8.42 Å². The second-order valence-corrected chi connectivity index (χ2v) is 10.6. The molecule has 0 radical (unpaired) electrons. The zero-order valence-electron chi connectivity index (χ0n) is 19.2. The summed E-state index contributed by atoms with van der Waals surface area (Å²) in [5, 5.41) is 0. The van der Waals surface area contributed by atoms with Gasteiger partial charge in [0, 0.05) is 57.1 Å². The largest absolute Gasteiger partial charge is 0.474 e. The van der Waals surface area contributed by atoms with E-state index in [1.165, 1.54) is 12.6 Å².